The normalized spacial score (nSPS) is 11.2. The van der Waals surface area contributed by atoms with Crippen LogP contribution in [0.1, 0.15) is 31.8 Å². The van der Waals surface area contributed by atoms with Crippen molar-refractivity contribution >= 4 is 65.2 Å². The Hall–Kier alpha value is -6.40. The third-order valence-corrected chi connectivity index (χ3v) is 11.1. The van der Waals surface area contributed by atoms with E-state index in [0.717, 1.165) is 32.9 Å². The number of fused-ring (bicyclic) bond motifs is 2. The molecule has 0 fully saturated rings. The molecule has 0 spiro atoms. The number of nitrogens with zero attached hydrogens (tertiary/aromatic N) is 2. The van der Waals surface area contributed by atoms with E-state index in [1.165, 1.54) is 24.3 Å². The van der Waals surface area contributed by atoms with Crippen LogP contribution < -0.4 is 19.8 Å². The lowest BCUT2D eigenvalue weighted by Crippen LogP contribution is -2.36. The monoisotopic (exact) mass is 878 g/mol. The quantitative estimate of drug-likeness (QED) is 0.106. The lowest BCUT2D eigenvalue weighted by atomic mass is 10.1. The van der Waals surface area contributed by atoms with Gasteiger partial charge in [0.15, 0.2) is 25.5 Å². The first kappa shape index (κ1) is 46.7. The molecule has 2 amide bonds. The zero-order chi connectivity index (χ0) is 44.9. The van der Waals surface area contributed by atoms with E-state index in [1.54, 1.807) is 62.8 Å². The van der Waals surface area contributed by atoms with E-state index in [0.29, 0.717) is 48.8 Å². The fourth-order valence-corrected chi connectivity index (χ4v) is 6.98. The maximum Gasteiger partial charge on any atom is 0.255 e. The molecule has 62 heavy (non-hydrogen) atoms. The number of aromatic nitrogens is 2. The zero-order valence-electron chi connectivity index (χ0n) is 34.5. The van der Waals surface area contributed by atoms with Crippen molar-refractivity contribution in [1.29, 1.82) is 0 Å². The van der Waals surface area contributed by atoms with Crippen LogP contribution in [0.15, 0.2) is 156 Å². The van der Waals surface area contributed by atoms with E-state index < -0.39 is 20.2 Å². The van der Waals surface area contributed by atoms with Crippen LogP contribution in [-0.2, 0) is 42.8 Å². The van der Waals surface area contributed by atoms with Gasteiger partial charge in [0.05, 0.1) is 9.79 Å². The molecule has 14 nitrogen and oxygen atoms in total. The van der Waals surface area contributed by atoms with Crippen molar-refractivity contribution in [3.63, 3.8) is 0 Å². The number of carbonyl (C=O) groups excluding carboxylic acids is 2. The summed E-state index contributed by atoms with van der Waals surface area (Å²) in [7, 11) is -5.19. The second-order valence-corrected chi connectivity index (χ2v) is 16.7. The van der Waals surface area contributed by atoms with Crippen molar-refractivity contribution in [2.45, 2.75) is 36.7 Å². The summed E-state index contributed by atoms with van der Waals surface area (Å²) in [6.07, 6.45) is 3.99. The lowest BCUT2D eigenvalue weighted by molar-refractivity contribution is -0.673. The molecule has 7 rings (SSSR count). The van der Waals surface area contributed by atoms with Gasteiger partial charge in [-0.2, -0.15) is 9.13 Å². The average Bonchev–Trinajstić information content (AvgIpc) is 3.25. The number of pyridine rings is 2. The molecule has 322 valence electrons. The summed E-state index contributed by atoms with van der Waals surface area (Å²) in [5.41, 5.74) is 6.16. The second-order valence-electron chi connectivity index (χ2n) is 14.0. The Morgan fingerprint density at radius 3 is 1.21 bits per heavy atom. The molecule has 0 radical (unpaired) electrons. The van der Waals surface area contributed by atoms with E-state index in [2.05, 4.69) is 19.8 Å². The number of methoxy groups -OCH3 is 2. The smallest absolute Gasteiger partial charge is 0.255 e. The minimum absolute atomic E-state index is 0.178. The highest BCUT2D eigenvalue weighted by atomic mass is 32.2. The van der Waals surface area contributed by atoms with Crippen LogP contribution >= 0.6 is 0 Å². The predicted molar refractivity (Wildman–Crippen MR) is 233 cm³/mol. The van der Waals surface area contributed by atoms with Crippen LogP contribution in [0.25, 0.3) is 21.8 Å². The first-order valence-electron chi connectivity index (χ1n) is 19.2. The third-order valence-electron chi connectivity index (χ3n) is 9.38. The van der Waals surface area contributed by atoms with E-state index in [-0.39, 0.29) is 21.6 Å². The van der Waals surface area contributed by atoms with Gasteiger partial charge in [-0.05, 0) is 98.8 Å². The number of hydrogen-bond acceptors (Lipinski definition) is 10. The minimum Gasteiger partial charge on any atom is -0.744 e. The predicted octanol–water partition coefficient (Wildman–Crippen LogP) is 6.16. The molecule has 2 aromatic heterocycles. The van der Waals surface area contributed by atoms with Gasteiger partial charge in [0.1, 0.15) is 33.5 Å². The molecule has 0 atom stereocenters. The molecule has 0 bridgehead atoms. The number of aryl methyl sites for hydroxylation is 2. The van der Waals surface area contributed by atoms with Gasteiger partial charge in [-0.25, -0.2) is 16.8 Å². The van der Waals surface area contributed by atoms with Crippen LogP contribution in [0.3, 0.4) is 0 Å². The summed E-state index contributed by atoms with van der Waals surface area (Å²) in [6, 6.07) is 37.9. The number of carbonyl (C=O) groups is 2. The maximum atomic E-state index is 13.0. The number of amides is 2. The topological polar surface area (TPSA) is 199 Å². The third kappa shape index (κ3) is 13.3. The van der Waals surface area contributed by atoms with Crippen LogP contribution in [0.2, 0.25) is 0 Å². The van der Waals surface area contributed by atoms with Gasteiger partial charge in [-0.3, -0.25) is 9.59 Å². The molecule has 7 aromatic rings. The maximum absolute atomic E-state index is 13.0. The Bertz CT molecular complexity index is 2680. The molecule has 2 N–H and O–H groups in total. The van der Waals surface area contributed by atoms with Crippen LogP contribution in [0, 0.1) is 13.8 Å². The standard InChI is InChI=1S/C32H30N4O4.2C7H8O3S/c1-39-19-17-35-15-3-5-23-11-13-27(21-29(23)35)33-31(37)25-7-9-26(10-8-25)32(38)34-28-14-12-24-6-4-16-36(18-20-40-2)30(24)22-28;2*1-6-2-4-7(5-3-6)11(8,9)10/h3-16,21-22H,17-20H2,1-2H3;2*2-5H,1H3,(H,8,9,10). The van der Waals surface area contributed by atoms with Gasteiger partial charge in [-0.15, -0.1) is 0 Å². The Balaban J connectivity index is 0.000000267. The highest BCUT2D eigenvalue weighted by Crippen LogP contribution is 2.20. The van der Waals surface area contributed by atoms with Gasteiger partial charge in [0.2, 0.25) is 11.0 Å². The van der Waals surface area contributed by atoms with E-state index in [1.807, 2.05) is 86.9 Å². The number of hydrogen-bond donors (Lipinski definition) is 2. The van der Waals surface area contributed by atoms with Crippen molar-refractivity contribution < 1.29 is 54.1 Å². The van der Waals surface area contributed by atoms with Gasteiger partial charge in [0.25, 0.3) is 11.8 Å². The fraction of sp³-hybridized carbons (Fsp3) is 0.174. The van der Waals surface area contributed by atoms with Crippen LogP contribution in [-0.4, -0.2) is 65.2 Å². The van der Waals surface area contributed by atoms with Gasteiger partial charge in [0, 0.05) is 71.8 Å². The molecular weight excluding hydrogens is 833 g/mol. The van der Waals surface area contributed by atoms with E-state index in [4.69, 9.17) is 9.47 Å². The summed E-state index contributed by atoms with van der Waals surface area (Å²) in [4.78, 5) is 25.6. The average molecular weight is 879 g/mol. The highest BCUT2D eigenvalue weighted by Gasteiger charge is 2.15. The van der Waals surface area contributed by atoms with E-state index in [9.17, 15) is 35.5 Å². The molecule has 0 aliphatic rings. The number of rotatable bonds is 12. The molecule has 0 saturated heterocycles. The Labute approximate surface area is 360 Å². The molecule has 5 aromatic carbocycles. The highest BCUT2D eigenvalue weighted by molar-refractivity contribution is 7.86. The molecule has 0 aliphatic heterocycles. The SMILES string of the molecule is COCC[n+]1cccc2ccc(NC(=O)c3ccc(C(=O)Nc4ccc5ccc[n+](CCOC)c5c4)cc3)cc21.Cc1ccc(S(=O)(=O)[O-])cc1.Cc1ccc(S(=O)(=O)[O-])cc1. The van der Waals surface area contributed by atoms with Crippen molar-refractivity contribution in [3.05, 3.63) is 168 Å². The summed E-state index contributed by atoms with van der Waals surface area (Å²) in [5.74, 6) is -0.498. The molecule has 16 heteroatoms. The van der Waals surface area contributed by atoms with Crippen LogP contribution in [0.4, 0.5) is 11.4 Å². The van der Waals surface area contributed by atoms with Crippen molar-refractivity contribution in [2.75, 3.05) is 38.1 Å². The van der Waals surface area contributed by atoms with E-state index >= 15 is 0 Å². The van der Waals surface area contributed by atoms with Crippen molar-refractivity contribution in [3.8, 4) is 0 Å². The Morgan fingerprint density at radius 1 is 0.532 bits per heavy atom. The molecule has 2 heterocycles. The molecule has 0 saturated carbocycles. The number of benzene rings is 5. The molecule has 0 aliphatic carbocycles. The fourth-order valence-electron chi connectivity index (χ4n) is 6.04. The molecule has 0 unspecified atom stereocenters. The largest absolute Gasteiger partial charge is 0.744 e. The number of ether oxygens (including phenoxy) is 2. The first-order valence-corrected chi connectivity index (χ1v) is 22.0. The van der Waals surface area contributed by atoms with Gasteiger partial charge in [-0.1, -0.05) is 35.4 Å². The first-order chi connectivity index (χ1) is 29.5. The molecular formula is C46H46N4O10S2. The summed E-state index contributed by atoms with van der Waals surface area (Å²) in [5, 5.41) is 8.07. The second kappa shape index (κ2) is 21.4. The van der Waals surface area contributed by atoms with Crippen molar-refractivity contribution in [2.24, 2.45) is 0 Å². The minimum atomic E-state index is -4.27. The van der Waals surface area contributed by atoms with Crippen molar-refractivity contribution in [1.82, 2.24) is 0 Å². The lowest BCUT2D eigenvalue weighted by Gasteiger charge is -2.09. The summed E-state index contributed by atoms with van der Waals surface area (Å²) < 4.78 is 77.0. The number of anilines is 2. The Morgan fingerprint density at radius 2 is 0.887 bits per heavy atom. The van der Waals surface area contributed by atoms with Crippen LogP contribution in [0.5, 0.6) is 0 Å². The van der Waals surface area contributed by atoms with Gasteiger partial charge < -0.3 is 29.2 Å². The summed E-state index contributed by atoms with van der Waals surface area (Å²) >= 11 is 0. The number of nitrogens with one attached hydrogen (secondary N) is 2. The Kier molecular flexibility index (Phi) is 16.1. The summed E-state index contributed by atoms with van der Waals surface area (Å²) in [6.45, 7) is 6.25. The van der Waals surface area contributed by atoms with Gasteiger partial charge >= 0.3 is 0 Å². The zero-order valence-corrected chi connectivity index (χ0v) is 36.1.